The molecule has 2 heterocycles. The van der Waals surface area contributed by atoms with Gasteiger partial charge >= 0.3 is 0 Å². The fourth-order valence-corrected chi connectivity index (χ4v) is 6.78. The zero-order chi connectivity index (χ0) is 15.7. The third-order valence-electron chi connectivity index (χ3n) is 5.14. The van der Waals surface area contributed by atoms with Crippen molar-refractivity contribution in [2.75, 3.05) is 0 Å². The van der Waals surface area contributed by atoms with E-state index in [2.05, 4.69) is 60.7 Å². The Hall–Kier alpha value is -2.16. The average Bonchev–Trinajstić information content (AvgIpc) is 3.17. The molecule has 0 saturated heterocycles. The van der Waals surface area contributed by atoms with Crippen molar-refractivity contribution in [3.63, 3.8) is 0 Å². The van der Waals surface area contributed by atoms with Gasteiger partial charge in [0.2, 0.25) is 0 Å². The molecule has 0 atom stereocenters. The van der Waals surface area contributed by atoms with E-state index in [9.17, 15) is 0 Å². The number of benzene rings is 3. The summed E-state index contributed by atoms with van der Waals surface area (Å²) in [6.07, 6.45) is 7.01. The van der Waals surface area contributed by atoms with Crippen molar-refractivity contribution >= 4 is 69.1 Å². The van der Waals surface area contributed by atoms with Crippen LogP contribution in [-0.4, -0.2) is 0 Å². The molecule has 1 aliphatic carbocycles. The Kier molecular flexibility index (Phi) is 2.57. The Balaban J connectivity index is 1.88. The van der Waals surface area contributed by atoms with Crippen molar-refractivity contribution in [1.29, 1.82) is 0 Å². The minimum atomic E-state index is 1.17. The second kappa shape index (κ2) is 4.69. The Morgan fingerprint density at radius 2 is 1.54 bits per heavy atom. The predicted octanol–water partition coefficient (Wildman–Crippen LogP) is 7.38. The highest BCUT2D eigenvalue weighted by Crippen LogP contribution is 2.48. The molecule has 0 fully saturated rings. The van der Waals surface area contributed by atoms with E-state index < -0.39 is 0 Å². The highest BCUT2D eigenvalue weighted by Gasteiger charge is 2.18. The number of allylic oxidation sites excluding steroid dienone is 1. The molecule has 0 amide bonds. The second-order valence-electron chi connectivity index (χ2n) is 6.47. The van der Waals surface area contributed by atoms with Gasteiger partial charge in [0.15, 0.2) is 0 Å². The van der Waals surface area contributed by atoms with Gasteiger partial charge in [-0.25, -0.2) is 0 Å². The summed E-state index contributed by atoms with van der Waals surface area (Å²) in [7, 11) is 0. The fourth-order valence-electron chi connectivity index (χ4n) is 4.02. The van der Waals surface area contributed by atoms with E-state index in [1.54, 1.807) is 0 Å². The smallest absolute Gasteiger partial charge is 0.0548 e. The zero-order valence-corrected chi connectivity index (χ0v) is 14.6. The second-order valence-corrected chi connectivity index (χ2v) is 8.58. The van der Waals surface area contributed by atoms with Crippen LogP contribution in [0.15, 0.2) is 54.6 Å². The quantitative estimate of drug-likeness (QED) is 0.275. The molecule has 5 aromatic rings. The first-order valence-corrected chi connectivity index (χ1v) is 9.98. The molecule has 0 aliphatic heterocycles. The molecule has 1 aliphatic rings. The summed E-state index contributed by atoms with van der Waals surface area (Å²) in [4.78, 5) is 0. The standard InChI is InChI=1S/C22H14S2/c1-3-7-15-13(5-1)9-11-17-19(15)21-22(23-17)20-16-8-4-2-6-14(16)10-12-18(20)24-21/h1,3-5,7-12H,2,6H2. The van der Waals surface area contributed by atoms with Crippen LogP contribution in [0.2, 0.25) is 0 Å². The van der Waals surface area contributed by atoms with E-state index in [1.165, 1.54) is 64.3 Å². The van der Waals surface area contributed by atoms with E-state index in [-0.39, 0.29) is 0 Å². The molecule has 0 N–H and O–H groups in total. The summed E-state index contributed by atoms with van der Waals surface area (Å²) < 4.78 is 5.78. The third kappa shape index (κ3) is 1.62. The minimum Gasteiger partial charge on any atom is -0.134 e. The lowest BCUT2D eigenvalue weighted by molar-refractivity contribution is 0.990. The van der Waals surface area contributed by atoms with Crippen LogP contribution in [0.3, 0.4) is 0 Å². The largest absolute Gasteiger partial charge is 0.134 e. The lowest BCUT2D eigenvalue weighted by Crippen LogP contribution is -1.93. The van der Waals surface area contributed by atoms with Crippen LogP contribution in [-0.2, 0) is 6.42 Å². The minimum absolute atomic E-state index is 1.17. The number of hydrogen-bond acceptors (Lipinski definition) is 2. The van der Waals surface area contributed by atoms with Crippen LogP contribution in [0.5, 0.6) is 0 Å². The van der Waals surface area contributed by atoms with Crippen LogP contribution in [0.1, 0.15) is 17.5 Å². The van der Waals surface area contributed by atoms with Gasteiger partial charge in [-0.15, -0.1) is 22.7 Å². The third-order valence-corrected chi connectivity index (χ3v) is 7.61. The summed E-state index contributed by atoms with van der Waals surface area (Å²) in [5, 5.41) is 5.65. The number of rotatable bonds is 0. The maximum atomic E-state index is 2.34. The molecular formula is C22H14S2. The molecule has 0 unspecified atom stereocenters. The van der Waals surface area contributed by atoms with E-state index in [1.807, 2.05) is 22.7 Å². The van der Waals surface area contributed by atoms with Crippen LogP contribution in [0.25, 0.3) is 46.4 Å². The molecule has 2 heteroatoms. The summed E-state index contributed by atoms with van der Waals surface area (Å²) in [5.41, 5.74) is 2.97. The molecule has 0 bridgehead atoms. The predicted molar refractivity (Wildman–Crippen MR) is 110 cm³/mol. The van der Waals surface area contributed by atoms with Gasteiger partial charge in [0.25, 0.3) is 0 Å². The number of fused-ring (bicyclic) bond motifs is 9. The molecule has 0 spiro atoms. The lowest BCUT2D eigenvalue weighted by atomic mass is 9.95. The van der Waals surface area contributed by atoms with Crippen LogP contribution in [0.4, 0.5) is 0 Å². The molecule has 0 nitrogen and oxygen atoms in total. The lowest BCUT2D eigenvalue weighted by Gasteiger charge is -2.11. The Bertz CT molecular complexity index is 1300. The van der Waals surface area contributed by atoms with Crippen LogP contribution in [0, 0.1) is 0 Å². The Morgan fingerprint density at radius 3 is 2.50 bits per heavy atom. The monoisotopic (exact) mass is 342 g/mol. The summed E-state index contributed by atoms with van der Waals surface area (Å²) in [6.45, 7) is 0. The van der Waals surface area contributed by atoms with E-state index in [0.717, 1.165) is 0 Å². The van der Waals surface area contributed by atoms with E-state index in [0.29, 0.717) is 0 Å². The maximum absolute atomic E-state index is 2.34. The molecule has 3 aromatic carbocycles. The van der Waals surface area contributed by atoms with Gasteiger partial charge in [-0.05, 0) is 46.9 Å². The SMILES string of the molecule is C1=Cc2c(ccc3sc4c(sc5ccc6ccccc6c54)c23)CC1. The molecule has 2 aromatic heterocycles. The van der Waals surface area contributed by atoms with Gasteiger partial charge in [0, 0.05) is 20.2 Å². The van der Waals surface area contributed by atoms with Gasteiger partial charge < -0.3 is 0 Å². The first kappa shape index (κ1) is 13.2. The van der Waals surface area contributed by atoms with Crippen LogP contribution < -0.4 is 0 Å². The molecule has 6 rings (SSSR count). The Labute approximate surface area is 147 Å². The van der Waals surface area contributed by atoms with Crippen molar-refractivity contribution in [3.05, 3.63) is 65.7 Å². The van der Waals surface area contributed by atoms with Gasteiger partial charge in [0.05, 0.1) is 9.40 Å². The van der Waals surface area contributed by atoms with E-state index >= 15 is 0 Å². The van der Waals surface area contributed by atoms with E-state index in [4.69, 9.17) is 0 Å². The topological polar surface area (TPSA) is 0 Å². The number of aryl methyl sites for hydroxylation is 1. The average molecular weight is 342 g/mol. The van der Waals surface area contributed by atoms with Gasteiger partial charge in [-0.3, -0.25) is 0 Å². The highest BCUT2D eigenvalue weighted by atomic mass is 32.1. The summed E-state index contributed by atoms with van der Waals surface area (Å²) in [6, 6.07) is 18.0. The first-order chi connectivity index (χ1) is 11.9. The fraction of sp³-hybridized carbons (Fsp3) is 0.0909. The van der Waals surface area contributed by atoms with Gasteiger partial charge in [-0.2, -0.15) is 0 Å². The first-order valence-electron chi connectivity index (χ1n) is 8.35. The van der Waals surface area contributed by atoms with Crippen molar-refractivity contribution in [3.8, 4) is 0 Å². The van der Waals surface area contributed by atoms with Crippen molar-refractivity contribution in [1.82, 2.24) is 0 Å². The molecule has 0 radical (unpaired) electrons. The van der Waals surface area contributed by atoms with Crippen molar-refractivity contribution < 1.29 is 0 Å². The molecular weight excluding hydrogens is 328 g/mol. The number of hydrogen-bond donors (Lipinski definition) is 0. The van der Waals surface area contributed by atoms with Gasteiger partial charge in [-0.1, -0.05) is 48.6 Å². The molecule has 0 saturated carbocycles. The molecule has 24 heavy (non-hydrogen) atoms. The molecule has 114 valence electrons. The van der Waals surface area contributed by atoms with Crippen molar-refractivity contribution in [2.45, 2.75) is 12.8 Å². The Morgan fingerprint density at radius 1 is 0.750 bits per heavy atom. The summed E-state index contributed by atoms with van der Waals surface area (Å²) >= 11 is 3.92. The highest BCUT2D eigenvalue weighted by molar-refractivity contribution is 7.36. The van der Waals surface area contributed by atoms with Crippen molar-refractivity contribution in [2.24, 2.45) is 0 Å². The number of thiophene rings is 2. The normalized spacial score (nSPS) is 14.2. The maximum Gasteiger partial charge on any atom is 0.0548 e. The summed E-state index contributed by atoms with van der Waals surface area (Å²) in [5.74, 6) is 0. The zero-order valence-electron chi connectivity index (χ0n) is 13.0. The van der Waals surface area contributed by atoms with Gasteiger partial charge in [0.1, 0.15) is 0 Å². The van der Waals surface area contributed by atoms with Crippen LogP contribution >= 0.6 is 22.7 Å².